The van der Waals surface area contributed by atoms with Gasteiger partial charge in [-0.2, -0.15) is 0 Å². The van der Waals surface area contributed by atoms with E-state index in [2.05, 4.69) is 57.4 Å². The summed E-state index contributed by atoms with van der Waals surface area (Å²) in [7, 11) is 0. The van der Waals surface area contributed by atoms with E-state index in [0.717, 1.165) is 37.9 Å². The molecule has 104 valence electrons. The highest BCUT2D eigenvalue weighted by atomic mass is 14.9. The van der Waals surface area contributed by atoms with Crippen LogP contribution < -0.4 is 5.32 Å². The van der Waals surface area contributed by atoms with E-state index in [4.69, 9.17) is 0 Å². The van der Waals surface area contributed by atoms with Crippen molar-refractivity contribution in [2.24, 2.45) is 0 Å². The third-order valence-electron chi connectivity index (χ3n) is 3.39. The van der Waals surface area contributed by atoms with Crippen LogP contribution in [0.15, 0.2) is 37.1 Å². The monoisotopic (exact) mass is 257 g/mol. The minimum absolute atomic E-state index is 0.993. The summed E-state index contributed by atoms with van der Waals surface area (Å²) in [6.45, 7) is 15.8. The first-order valence-corrected chi connectivity index (χ1v) is 7.27. The minimum Gasteiger partial charge on any atom is -0.389 e. The summed E-state index contributed by atoms with van der Waals surface area (Å²) in [6.07, 6.45) is 4.17. The van der Waals surface area contributed by atoms with Gasteiger partial charge < -0.3 is 5.32 Å². The Bertz CT molecular complexity index is 443. The Morgan fingerprint density at radius 3 is 2.58 bits per heavy atom. The van der Waals surface area contributed by atoms with E-state index in [1.54, 1.807) is 0 Å². The molecule has 0 aromatic heterocycles. The molecular formula is C18H27N. The highest BCUT2D eigenvalue weighted by Crippen LogP contribution is 2.23. The Kier molecular flexibility index (Phi) is 6.41. The van der Waals surface area contributed by atoms with Gasteiger partial charge in [0.15, 0.2) is 0 Å². The molecular weight excluding hydrogens is 230 g/mol. The highest BCUT2D eigenvalue weighted by molar-refractivity contribution is 5.66. The summed E-state index contributed by atoms with van der Waals surface area (Å²) in [6, 6.07) is 6.67. The lowest BCUT2D eigenvalue weighted by Gasteiger charge is -2.14. The summed E-state index contributed by atoms with van der Waals surface area (Å²) >= 11 is 0. The van der Waals surface area contributed by atoms with E-state index in [1.807, 2.05) is 0 Å². The largest absolute Gasteiger partial charge is 0.389 e. The molecule has 0 aliphatic carbocycles. The van der Waals surface area contributed by atoms with E-state index in [0.29, 0.717) is 0 Å². The zero-order valence-electron chi connectivity index (χ0n) is 12.7. The first-order valence-electron chi connectivity index (χ1n) is 7.27. The molecule has 19 heavy (non-hydrogen) atoms. The predicted octanol–water partition coefficient (Wildman–Crippen LogP) is 4.86. The Balaban J connectivity index is 2.72. The fraction of sp³-hybridized carbons (Fsp3) is 0.444. The second kappa shape index (κ2) is 7.83. The second-order valence-corrected chi connectivity index (χ2v) is 5.15. The van der Waals surface area contributed by atoms with E-state index in [1.165, 1.54) is 22.3 Å². The third kappa shape index (κ3) is 4.94. The number of rotatable bonds is 8. The van der Waals surface area contributed by atoms with Crippen LogP contribution >= 0.6 is 0 Å². The van der Waals surface area contributed by atoms with Gasteiger partial charge in [-0.1, -0.05) is 50.8 Å². The van der Waals surface area contributed by atoms with Crippen molar-refractivity contribution < 1.29 is 0 Å². The Hall–Kier alpha value is -1.50. The molecule has 1 aromatic carbocycles. The first kappa shape index (κ1) is 15.6. The van der Waals surface area contributed by atoms with Crippen LogP contribution in [-0.2, 0) is 6.42 Å². The molecule has 0 heterocycles. The normalized spacial score (nSPS) is 10.3. The average molecular weight is 257 g/mol. The molecule has 1 heteroatoms. The second-order valence-electron chi connectivity index (χ2n) is 5.15. The maximum atomic E-state index is 4.18. The summed E-state index contributed by atoms with van der Waals surface area (Å²) in [5, 5.41) is 3.36. The number of benzene rings is 1. The zero-order chi connectivity index (χ0) is 14.3. The van der Waals surface area contributed by atoms with Gasteiger partial charge in [0.25, 0.3) is 0 Å². The molecule has 0 unspecified atom stereocenters. The van der Waals surface area contributed by atoms with Gasteiger partial charge in [-0.25, -0.2) is 0 Å². The zero-order valence-corrected chi connectivity index (χ0v) is 12.7. The van der Waals surface area contributed by atoms with Crippen LogP contribution in [0.3, 0.4) is 0 Å². The molecule has 0 radical (unpaired) electrons. The standard InChI is InChI=1S/C18H27N/c1-6-12-19-16(5)9-11-17-10-8-14(3)13-18(17)15(4)7-2/h8,10,13,19H,4-7,9,11-12H2,1-3H3. The molecule has 1 rings (SSSR count). The lowest BCUT2D eigenvalue weighted by Crippen LogP contribution is -2.13. The predicted molar refractivity (Wildman–Crippen MR) is 86.3 cm³/mol. The number of hydrogen-bond acceptors (Lipinski definition) is 1. The van der Waals surface area contributed by atoms with Gasteiger partial charge in [0.1, 0.15) is 0 Å². The van der Waals surface area contributed by atoms with Crippen molar-refractivity contribution in [3.63, 3.8) is 0 Å². The highest BCUT2D eigenvalue weighted by Gasteiger charge is 2.06. The van der Waals surface area contributed by atoms with Gasteiger partial charge in [-0.3, -0.25) is 0 Å². The van der Waals surface area contributed by atoms with Crippen LogP contribution in [0.4, 0.5) is 0 Å². The Morgan fingerprint density at radius 2 is 1.95 bits per heavy atom. The molecule has 0 spiro atoms. The average Bonchev–Trinajstić information content (AvgIpc) is 2.42. The molecule has 1 aromatic rings. The fourth-order valence-corrected chi connectivity index (χ4v) is 2.10. The van der Waals surface area contributed by atoms with Crippen LogP contribution in [-0.4, -0.2) is 6.54 Å². The van der Waals surface area contributed by atoms with Crippen LogP contribution in [0.1, 0.15) is 49.8 Å². The Morgan fingerprint density at radius 1 is 1.21 bits per heavy atom. The van der Waals surface area contributed by atoms with Crippen LogP contribution in [0.2, 0.25) is 0 Å². The molecule has 0 saturated carbocycles. The van der Waals surface area contributed by atoms with E-state index in [9.17, 15) is 0 Å². The molecule has 1 N–H and O–H groups in total. The number of nitrogens with one attached hydrogen (secondary N) is 1. The Labute approximate surface area is 118 Å². The van der Waals surface area contributed by atoms with E-state index >= 15 is 0 Å². The van der Waals surface area contributed by atoms with Gasteiger partial charge in [0.05, 0.1) is 0 Å². The molecule has 0 bridgehead atoms. The van der Waals surface area contributed by atoms with Gasteiger partial charge in [0, 0.05) is 12.2 Å². The van der Waals surface area contributed by atoms with E-state index < -0.39 is 0 Å². The van der Waals surface area contributed by atoms with Crippen molar-refractivity contribution in [3.05, 3.63) is 53.7 Å². The topological polar surface area (TPSA) is 12.0 Å². The van der Waals surface area contributed by atoms with Gasteiger partial charge in [-0.15, -0.1) is 0 Å². The van der Waals surface area contributed by atoms with Crippen LogP contribution in [0, 0.1) is 6.92 Å². The maximum Gasteiger partial charge on any atom is 0.0141 e. The smallest absolute Gasteiger partial charge is 0.0141 e. The SMILES string of the molecule is C=C(CCc1ccc(C)cc1C(=C)CC)NCCC. The molecule has 0 aliphatic rings. The van der Waals surface area contributed by atoms with Crippen molar-refractivity contribution in [2.75, 3.05) is 6.54 Å². The molecule has 0 aliphatic heterocycles. The van der Waals surface area contributed by atoms with Crippen LogP contribution in [0.5, 0.6) is 0 Å². The summed E-state index contributed by atoms with van der Waals surface area (Å²) in [5.74, 6) is 0. The van der Waals surface area contributed by atoms with E-state index in [-0.39, 0.29) is 0 Å². The summed E-state index contributed by atoms with van der Waals surface area (Å²) < 4.78 is 0. The molecule has 1 nitrogen and oxygen atoms in total. The van der Waals surface area contributed by atoms with Gasteiger partial charge in [0.2, 0.25) is 0 Å². The minimum atomic E-state index is 0.993. The molecule has 0 fully saturated rings. The van der Waals surface area contributed by atoms with Crippen molar-refractivity contribution in [1.82, 2.24) is 5.32 Å². The van der Waals surface area contributed by atoms with Crippen molar-refractivity contribution >= 4 is 5.57 Å². The number of allylic oxidation sites excluding steroid dienone is 2. The van der Waals surface area contributed by atoms with Crippen LogP contribution in [0.25, 0.3) is 5.57 Å². The fourth-order valence-electron chi connectivity index (χ4n) is 2.10. The summed E-state index contributed by atoms with van der Waals surface area (Å²) in [5.41, 5.74) is 6.38. The van der Waals surface area contributed by atoms with Gasteiger partial charge >= 0.3 is 0 Å². The maximum absolute atomic E-state index is 4.18. The lowest BCUT2D eigenvalue weighted by atomic mass is 9.94. The molecule has 0 atom stereocenters. The molecule has 0 saturated heterocycles. The van der Waals surface area contributed by atoms with Crippen molar-refractivity contribution in [3.8, 4) is 0 Å². The molecule has 0 amide bonds. The summed E-state index contributed by atoms with van der Waals surface area (Å²) in [4.78, 5) is 0. The first-order chi connectivity index (χ1) is 9.08. The quantitative estimate of drug-likeness (QED) is 0.701. The van der Waals surface area contributed by atoms with Gasteiger partial charge in [-0.05, 0) is 49.3 Å². The number of aryl methyl sites for hydroxylation is 2. The van der Waals surface area contributed by atoms with Crippen molar-refractivity contribution in [1.29, 1.82) is 0 Å². The number of hydrogen-bond donors (Lipinski definition) is 1. The lowest BCUT2D eigenvalue weighted by molar-refractivity contribution is 0.726. The van der Waals surface area contributed by atoms with Crippen molar-refractivity contribution in [2.45, 2.75) is 46.5 Å². The third-order valence-corrected chi connectivity index (χ3v) is 3.39.